The number of halogens is 2. The van der Waals surface area contributed by atoms with Crippen LogP contribution in [-0.2, 0) is 0 Å². The number of hydrogen-bond donors (Lipinski definition) is 1. The van der Waals surface area contributed by atoms with Gasteiger partial charge in [0.1, 0.15) is 0 Å². The first-order valence-electron chi connectivity index (χ1n) is 6.16. The van der Waals surface area contributed by atoms with Crippen molar-refractivity contribution in [1.29, 1.82) is 0 Å². The van der Waals surface area contributed by atoms with Crippen LogP contribution in [0.25, 0.3) is 10.2 Å². The van der Waals surface area contributed by atoms with E-state index < -0.39 is 0 Å². The highest BCUT2D eigenvalue weighted by atomic mass is 79.9. The van der Waals surface area contributed by atoms with Crippen molar-refractivity contribution < 1.29 is 4.79 Å². The fourth-order valence-corrected chi connectivity index (χ4v) is 3.56. The van der Waals surface area contributed by atoms with Gasteiger partial charge in [-0.1, -0.05) is 38.9 Å². The normalized spacial score (nSPS) is 10.8. The van der Waals surface area contributed by atoms with Gasteiger partial charge in [-0.15, -0.1) is 0 Å². The highest BCUT2D eigenvalue weighted by Crippen LogP contribution is 2.31. The van der Waals surface area contributed by atoms with E-state index in [2.05, 4.69) is 26.2 Å². The Bertz CT molecular complexity index is 830. The molecule has 1 aromatic heterocycles. The SMILES string of the molecule is Cc1cc(Cl)cc2sc(NC(=O)c3ccc(Br)cc3)nc12. The standard InChI is InChI=1S/C15H10BrClN2OS/c1-8-6-11(17)7-12-13(8)18-15(21-12)19-14(20)9-2-4-10(16)5-3-9/h2-7H,1H3,(H,18,19,20). The van der Waals surface area contributed by atoms with Crippen LogP contribution in [0.5, 0.6) is 0 Å². The van der Waals surface area contributed by atoms with Gasteiger partial charge in [-0.2, -0.15) is 0 Å². The molecule has 0 atom stereocenters. The molecular weight excluding hydrogens is 372 g/mol. The van der Waals surface area contributed by atoms with Crippen LogP contribution in [0, 0.1) is 6.92 Å². The second kappa shape index (κ2) is 5.75. The summed E-state index contributed by atoms with van der Waals surface area (Å²) in [6, 6.07) is 10.9. The Balaban J connectivity index is 1.89. The second-order valence-corrected chi connectivity index (χ2v) is 6.93. The van der Waals surface area contributed by atoms with Crippen LogP contribution in [-0.4, -0.2) is 10.9 Å². The number of fused-ring (bicyclic) bond motifs is 1. The average molecular weight is 382 g/mol. The number of nitrogens with zero attached hydrogens (tertiary/aromatic N) is 1. The summed E-state index contributed by atoms with van der Waals surface area (Å²) < 4.78 is 1.90. The average Bonchev–Trinajstić information content (AvgIpc) is 2.82. The molecule has 1 amide bonds. The number of rotatable bonds is 2. The summed E-state index contributed by atoms with van der Waals surface area (Å²) in [6.45, 7) is 1.95. The molecule has 0 unspecified atom stereocenters. The van der Waals surface area contributed by atoms with Gasteiger partial charge in [0, 0.05) is 15.1 Å². The number of amides is 1. The van der Waals surface area contributed by atoms with Gasteiger partial charge in [0.15, 0.2) is 5.13 Å². The van der Waals surface area contributed by atoms with E-state index in [9.17, 15) is 4.79 Å². The van der Waals surface area contributed by atoms with E-state index in [-0.39, 0.29) is 5.91 Å². The van der Waals surface area contributed by atoms with Crippen molar-refractivity contribution in [3.8, 4) is 0 Å². The maximum Gasteiger partial charge on any atom is 0.257 e. The first-order valence-corrected chi connectivity index (χ1v) is 8.15. The Morgan fingerprint density at radius 2 is 2.00 bits per heavy atom. The fraction of sp³-hybridized carbons (Fsp3) is 0.0667. The quantitative estimate of drug-likeness (QED) is 0.657. The fourth-order valence-electron chi connectivity index (χ4n) is 1.98. The number of anilines is 1. The minimum atomic E-state index is -0.176. The zero-order chi connectivity index (χ0) is 15.0. The van der Waals surface area contributed by atoms with Crippen LogP contribution in [0.2, 0.25) is 5.02 Å². The van der Waals surface area contributed by atoms with Gasteiger partial charge in [-0.3, -0.25) is 10.1 Å². The van der Waals surface area contributed by atoms with Gasteiger partial charge in [0.05, 0.1) is 10.2 Å². The molecule has 2 aromatic carbocycles. The lowest BCUT2D eigenvalue weighted by molar-refractivity contribution is 0.102. The number of hydrogen-bond acceptors (Lipinski definition) is 3. The lowest BCUT2D eigenvalue weighted by Crippen LogP contribution is -2.11. The highest BCUT2D eigenvalue weighted by molar-refractivity contribution is 9.10. The van der Waals surface area contributed by atoms with Gasteiger partial charge in [0.25, 0.3) is 5.91 Å². The first-order chi connectivity index (χ1) is 10.0. The Hall–Kier alpha value is -1.43. The second-order valence-electron chi connectivity index (χ2n) is 4.55. The van der Waals surface area contributed by atoms with Crippen LogP contribution >= 0.6 is 38.9 Å². The van der Waals surface area contributed by atoms with E-state index in [0.29, 0.717) is 15.7 Å². The van der Waals surface area contributed by atoms with Crippen LogP contribution in [0.4, 0.5) is 5.13 Å². The van der Waals surface area contributed by atoms with E-state index >= 15 is 0 Å². The maximum atomic E-state index is 12.2. The Labute approximate surface area is 139 Å². The third-order valence-corrected chi connectivity index (χ3v) is 4.64. The zero-order valence-corrected chi connectivity index (χ0v) is 14.1. The molecule has 21 heavy (non-hydrogen) atoms. The molecule has 0 aliphatic heterocycles. The van der Waals surface area contributed by atoms with E-state index in [1.807, 2.05) is 31.2 Å². The van der Waals surface area contributed by atoms with Crippen molar-refractivity contribution in [2.24, 2.45) is 0 Å². The lowest BCUT2D eigenvalue weighted by atomic mass is 10.2. The number of carbonyl (C=O) groups is 1. The van der Waals surface area contributed by atoms with Crippen molar-refractivity contribution in [1.82, 2.24) is 4.98 Å². The molecule has 0 saturated heterocycles. The van der Waals surface area contributed by atoms with Gasteiger partial charge >= 0.3 is 0 Å². The number of carbonyl (C=O) groups excluding carboxylic acids is 1. The van der Waals surface area contributed by atoms with Crippen molar-refractivity contribution in [2.75, 3.05) is 5.32 Å². The van der Waals surface area contributed by atoms with Crippen molar-refractivity contribution >= 4 is 60.1 Å². The van der Waals surface area contributed by atoms with E-state index in [1.54, 1.807) is 12.1 Å². The molecule has 1 N–H and O–H groups in total. The summed E-state index contributed by atoms with van der Waals surface area (Å²) >= 11 is 10.8. The first kappa shape index (κ1) is 14.5. The van der Waals surface area contributed by atoms with Crippen molar-refractivity contribution in [3.63, 3.8) is 0 Å². The van der Waals surface area contributed by atoms with Crippen LogP contribution in [0.3, 0.4) is 0 Å². The number of nitrogens with one attached hydrogen (secondary N) is 1. The molecular formula is C15H10BrClN2OS. The summed E-state index contributed by atoms with van der Waals surface area (Å²) in [5.41, 5.74) is 2.46. The minimum absolute atomic E-state index is 0.176. The smallest absolute Gasteiger partial charge is 0.257 e. The number of thiazole rings is 1. The summed E-state index contributed by atoms with van der Waals surface area (Å²) in [5.74, 6) is -0.176. The monoisotopic (exact) mass is 380 g/mol. The van der Waals surface area contributed by atoms with Gasteiger partial charge < -0.3 is 0 Å². The zero-order valence-electron chi connectivity index (χ0n) is 11.0. The van der Waals surface area contributed by atoms with E-state index in [4.69, 9.17) is 11.6 Å². The van der Waals surface area contributed by atoms with Gasteiger partial charge in [-0.05, 0) is 48.9 Å². The summed E-state index contributed by atoms with van der Waals surface area (Å²) in [7, 11) is 0. The van der Waals surface area contributed by atoms with Gasteiger partial charge in [0.2, 0.25) is 0 Å². The van der Waals surface area contributed by atoms with Gasteiger partial charge in [-0.25, -0.2) is 4.98 Å². The number of aromatic nitrogens is 1. The summed E-state index contributed by atoms with van der Waals surface area (Å²) in [4.78, 5) is 16.6. The Kier molecular flexibility index (Phi) is 3.97. The molecule has 0 radical (unpaired) electrons. The molecule has 106 valence electrons. The summed E-state index contributed by atoms with van der Waals surface area (Å²) in [5, 5.41) is 4.07. The molecule has 3 nitrogen and oxygen atoms in total. The minimum Gasteiger partial charge on any atom is -0.298 e. The predicted molar refractivity (Wildman–Crippen MR) is 91.5 cm³/mol. The van der Waals surface area contributed by atoms with Crippen LogP contribution in [0.1, 0.15) is 15.9 Å². The Morgan fingerprint density at radius 1 is 1.29 bits per heavy atom. The highest BCUT2D eigenvalue weighted by Gasteiger charge is 2.11. The van der Waals surface area contributed by atoms with Crippen LogP contribution < -0.4 is 5.32 Å². The van der Waals surface area contributed by atoms with E-state index in [0.717, 1.165) is 20.3 Å². The van der Waals surface area contributed by atoms with Crippen LogP contribution in [0.15, 0.2) is 40.9 Å². The largest absolute Gasteiger partial charge is 0.298 e. The van der Waals surface area contributed by atoms with Crippen molar-refractivity contribution in [3.05, 3.63) is 57.0 Å². The number of benzene rings is 2. The third-order valence-electron chi connectivity index (χ3n) is 2.98. The molecule has 3 aromatic rings. The number of aryl methyl sites for hydroxylation is 1. The maximum absolute atomic E-state index is 12.2. The topological polar surface area (TPSA) is 42.0 Å². The molecule has 6 heteroatoms. The van der Waals surface area contributed by atoms with E-state index in [1.165, 1.54) is 11.3 Å². The molecule has 0 fully saturated rings. The molecule has 0 aliphatic rings. The Morgan fingerprint density at radius 3 is 2.71 bits per heavy atom. The third kappa shape index (κ3) is 3.10. The lowest BCUT2D eigenvalue weighted by Gasteiger charge is -2.01. The molecule has 1 heterocycles. The molecule has 0 aliphatic carbocycles. The molecule has 0 saturated carbocycles. The molecule has 3 rings (SSSR count). The predicted octanol–water partition coefficient (Wildman–Crippen LogP) is 5.27. The van der Waals surface area contributed by atoms with Crippen molar-refractivity contribution in [2.45, 2.75) is 6.92 Å². The molecule has 0 bridgehead atoms. The molecule has 0 spiro atoms. The summed E-state index contributed by atoms with van der Waals surface area (Å²) in [6.07, 6.45) is 0.